The molecule has 20 heavy (non-hydrogen) atoms. The van der Waals surface area contributed by atoms with E-state index in [-0.39, 0.29) is 6.10 Å². The van der Waals surface area contributed by atoms with Gasteiger partial charge in [0, 0.05) is 0 Å². The van der Waals surface area contributed by atoms with Gasteiger partial charge in [0.05, 0.1) is 0 Å². The van der Waals surface area contributed by atoms with Crippen LogP contribution < -0.4 is 29.7 Å². The zero-order valence-corrected chi connectivity index (χ0v) is 13.7. The summed E-state index contributed by atoms with van der Waals surface area (Å²) >= 11 is -1.13. The Kier molecular flexibility index (Phi) is 5.93. The van der Waals surface area contributed by atoms with E-state index in [2.05, 4.69) is 9.88 Å². The van der Waals surface area contributed by atoms with E-state index in [1.807, 2.05) is 20.0 Å². The van der Waals surface area contributed by atoms with Crippen LogP contribution in [0.15, 0.2) is 12.3 Å². The number of nitrogens with zero attached hydrogens (tertiary/aromatic N) is 2. The Labute approximate surface area is 128 Å². The number of aryl methyl sites for hydroxylation is 1. The van der Waals surface area contributed by atoms with Crippen LogP contribution >= 0.6 is 0 Å². The minimum atomic E-state index is -1.13. The van der Waals surface area contributed by atoms with Crippen LogP contribution in [0.4, 0.5) is 0 Å². The number of ether oxygens (including phenoxy) is 2. The van der Waals surface area contributed by atoms with Gasteiger partial charge in [-0.25, -0.2) is 0 Å². The number of morpholine rings is 1. The Balaban J connectivity index is 1.97. The van der Waals surface area contributed by atoms with Crippen molar-refractivity contribution < 1.29 is 39.6 Å². The number of rotatable bonds is 5. The zero-order chi connectivity index (χ0) is 14.5. The van der Waals surface area contributed by atoms with Crippen LogP contribution in [0.3, 0.4) is 0 Å². The van der Waals surface area contributed by atoms with E-state index in [1.165, 1.54) is 0 Å². The first-order chi connectivity index (χ1) is 9.54. The normalized spacial score (nSPS) is 21.9. The van der Waals surface area contributed by atoms with Gasteiger partial charge >= 0.3 is 128 Å². The molecule has 7 nitrogen and oxygen atoms in total. The molecule has 0 saturated carbocycles. The molecule has 2 rings (SSSR count). The quantitative estimate of drug-likeness (QED) is 0.301. The van der Waals surface area contributed by atoms with Gasteiger partial charge in [0.15, 0.2) is 0 Å². The fourth-order valence-electron chi connectivity index (χ4n) is 1.92. The van der Waals surface area contributed by atoms with E-state index in [9.17, 15) is 5.21 Å². The summed E-state index contributed by atoms with van der Waals surface area (Å²) in [5, 5.41) is 19.9. The minimum absolute atomic E-state index is 0.00716. The fourth-order valence-corrected chi connectivity index (χ4v) is 3.59. The molecule has 1 aliphatic heterocycles. The van der Waals surface area contributed by atoms with E-state index in [0.717, 1.165) is 18.7 Å². The van der Waals surface area contributed by atoms with E-state index >= 15 is 0 Å². The van der Waals surface area contributed by atoms with Crippen LogP contribution in [0.25, 0.3) is 0 Å². The van der Waals surface area contributed by atoms with Gasteiger partial charge in [0.25, 0.3) is 0 Å². The van der Waals surface area contributed by atoms with E-state index in [0.29, 0.717) is 22.7 Å². The number of aromatic nitrogens is 1. The molecule has 114 valence electrons. The van der Waals surface area contributed by atoms with Crippen LogP contribution in [0.2, 0.25) is 0 Å². The third kappa shape index (κ3) is 4.79. The van der Waals surface area contributed by atoms with Crippen molar-refractivity contribution in [2.45, 2.75) is 13.0 Å². The number of likely N-dealkylation sites (N-methyl/N-ethyl adjacent to an activating group) is 1. The molecule has 1 fully saturated rings. The molecule has 0 aliphatic carbocycles. The molecule has 1 saturated heterocycles. The Morgan fingerprint density at radius 1 is 1.70 bits per heavy atom. The van der Waals surface area contributed by atoms with Crippen molar-refractivity contribution in [1.29, 1.82) is 0 Å². The summed E-state index contributed by atoms with van der Waals surface area (Å²) in [4.78, 5) is 6.39. The molecule has 0 amide bonds. The molecule has 0 aromatic carbocycles. The van der Waals surface area contributed by atoms with Gasteiger partial charge < -0.3 is 0 Å². The van der Waals surface area contributed by atoms with E-state index in [1.54, 1.807) is 6.20 Å². The molecule has 8 heteroatoms. The maximum absolute atomic E-state index is 10.9. The van der Waals surface area contributed by atoms with Gasteiger partial charge in [-0.2, -0.15) is 0 Å². The zero-order valence-electron chi connectivity index (χ0n) is 11.5. The van der Waals surface area contributed by atoms with Crippen LogP contribution in [-0.4, -0.2) is 54.5 Å². The maximum atomic E-state index is 10.9. The second-order valence-corrected chi connectivity index (χ2v) is 7.34. The van der Waals surface area contributed by atoms with E-state index in [4.69, 9.17) is 14.7 Å². The summed E-state index contributed by atoms with van der Waals surface area (Å²) in [6.07, 6.45) is 1.70. The number of pyridine rings is 1. The summed E-state index contributed by atoms with van der Waals surface area (Å²) in [6.45, 7) is 4.73. The molecule has 1 aromatic rings. The molecule has 0 spiro atoms. The molecule has 2 atom stereocenters. The number of halogens is 1. The predicted molar refractivity (Wildman–Crippen MR) is 66.5 cm³/mol. The predicted octanol–water partition coefficient (Wildman–Crippen LogP) is -3.96. The molecule has 1 aliphatic rings. The molecule has 2 heterocycles. The molecular formula is C12H19IN3O4-. The first kappa shape index (κ1) is 15.9. The van der Waals surface area contributed by atoms with E-state index < -0.39 is 24.9 Å². The first-order valence-corrected chi connectivity index (χ1v) is 8.47. The van der Waals surface area contributed by atoms with Crippen molar-refractivity contribution in [3.8, 4) is 5.88 Å². The van der Waals surface area contributed by atoms with Crippen molar-refractivity contribution in [1.82, 2.24) is 9.88 Å². The average molecular weight is 396 g/mol. The summed E-state index contributed by atoms with van der Waals surface area (Å²) in [5.74, 6) is 0.433. The molecule has 2 unspecified atom stereocenters. The monoisotopic (exact) mass is 396 g/mol. The summed E-state index contributed by atoms with van der Waals surface area (Å²) < 4.78 is 11.2. The van der Waals surface area contributed by atoms with Gasteiger partial charge in [0.1, 0.15) is 0 Å². The van der Waals surface area contributed by atoms with Gasteiger partial charge in [0.2, 0.25) is 0 Å². The SMILES string of the molecule is Cc1cnc(OCC2CN(C)CCO2)c([I-][NH+]([O-])O)c1. The van der Waals surface area contributed by atoms with Gasteiger partial charge in [-0.1, -0.05) is 0 Å². The van der Waals surface area contributed by atoms with Crippen LogP contribution in [0, 0.1) is 15.7 Å². The van der Waals surface area contributed by atoms with Crippen molar-refractivity contribution in [3.63, 3.8) is 0 Å². The third-order valence-corrected chi connectivity index (χ3v) is 4.69. The van der Waals surface area contributed by atoms with Crippen molar-refractivity contribution in [2.75, 3.05) is 33.4 Å². The third-order valence-electron chi connectivity index (χ3n) is 2.87. The molecular weight excluding hydrogens is 377 g/mol. The number of hydrogen-bond donors (Lipinski definition) is 2. The molecule has 0 bridgehead atoms. The Hall–Kier alpha value is -0.520. The van der Waals surface area contributed by atoms with Crippen LogP contribution in [0.5, 0.6) is 5.88 Å². The number of nitrogens with one attached hydrogen (secondary N) is 1. The second kappa shape index (κ2) is 7.48. The standard InChI is InChI=1S/C12H19IN3O4/c1-9-5-11(13-16(17)18)12(14-6-9)20-8-10-7-15(2)3-4-19-10/h5-6,10,16-17H,3-4,7-8H2,1-2H3/q-1. The average Bonchev–Trinajstić information content (AvgIpc) is 2.37. The molecule has 2 N–H and O–H groups in total. The van der Waals surface area contributed by atoms with Crippen LogP contribution in [0.1, 0.15) is 5.56 Å². The Morgan fingerprint density at radius 3 is 3.20 bits per heavy atom. The second-order valence-electron chi connectivity index (χ2n) is 4.71. The van der Waals surface area contributed by atoms with Crippen LogP contribution in [-0.2, 0) is 4.74 Å². The number of hydrogen-bond acceptors (Lipinski definition) is 6. The Morgan fingerprint density at radius 2 is 2.50 bits per heavy atom. The summed E-state index contributed by atoms with van der Waals surface area (Å²) in [6, 6.07) is 1.84. The van der Waals surface area contributed by atoms with Gasteiger partial charge in [-0.15, -0.1) is 0 Å². The summed E-state index contributed by atoms with van der Waals surface area (Å²) in [7, 11) is 2.04. The van der Waals surface area contributed by atoms with Gasteiger partial charge in [-0.05, 0) is 0 Å². The Bertz CT molecular complexity index is 447. The van der Waals surface area contributed by atoms with Crippen molar-refractivity contribution >= 4 is 0 Å². The van der Waals surface area contributed by atoms with Crippen molar-refractivity contribution in [3.05, 3.63) is 26.6 Å². The molecule has 0 radical (unpaired) electrons. The fraction of sp³-hybridized carbons (Fsp3) is 0.583. The molecule has 1 aromatic heterocycles. The first-order valence-electron chi connectivity index (χ1n) is 6.32. The summed E-state index contributed by atoms with van der Waals surface area (Å²) in [5.41, 5.74) is 0.946. The number of quaternary nitrogens is 1. The van der Waals surface area contributed by atoms with Crippen molar-refractivity contribution in [2.24, 2.45) is 0 Å². The topological polar surface area (TPSA) is 82.3 Å². The van der Waals surface area contributed by atoms with Gasteiger partial charge in [-0.3, -0.25) is 0 Å².